The Kier molecular flexibility index (Phi) is 5.98. The van der Waals surface area contributed by atoms with Gasteiger partial charge >= 0.3 is 0 Å². The monoisotopic (exact) mass is 414 g/mol. The van der Waals surface area contributed by atoms with E-state index in [9.17, 15) is 4.79 Å². The van der Waals surface area contributed by atoms with Crippen LogP contribution < -0.4 is 10.5 Å². The van der Waals surface area contributed by atoms with E-state index in [0.717, 1.165) is 42.6 Å². The van der Waals surface area contributed by atoms with Crippen LogP contribution in [0.3, 0.4) is 0 Å². The summed E-state index contributed by atoms with van der Waals surface area (Å²) in [6.07, 6.45) is 3.58. The number of nitrogens with two attached hydrogens (primary N) is 1. The normalized spacial score (nSPS) is 14.3. The number of aromatic nitrogens is 1. The van der Waals surface area contributed by atoms with Crippen LogP contribution in [-0.4, -0.2) is 41.8 Å². The van der Waals surface area contributed by atoms with Crippen molar-refractivity contribution in [2.75, 3.05) is 20.2 Å². The summed E-state index contributed by atoms with van der Waals surface area (Å²) in [5, 5.41) is 7.63. The molecule has 1 aliphatic heterocycles. The molecule has 0 spiro atoms. The number of amidine groups is 1. The van der Waals surface area contributed by atoms with Crippen LogP contribution in [0.1, 0.15) is 40.2 Å². The quantitative estimate of drug-likeness (QED) is 0.486. The zero-order valence-electron chi connectivity index (χ0n) is 17.5. The van der Waals surface area contributed by atoms with Gasteiger partial charge in [-0.05, 0) is 54.2 Å². The molecule has 2 aromatic carbocycles. The molecule has 3 N–H and O–H groups in total. The fourth-order valence-electron chi connectivity index (χ4n) is 4.04. The zero-order chi connectivity index (χ0) is 21.8. The summed E-state index contributed by atoms with van der Waals surface area (Å²) < 4.78 is 5.10. The highest BCUT2D eigenvalue weighted by Gasteiger charge is 2.24. The maximum absolute atomic E-state index is 13.0. The molecule has 1 fully saturated rings. The lowest BCUT2D eigenvalue weighted by Crippen LogP contribution is -2.37. The number of nitrogens with zero attached hydrogens (tertiary/aromatic N) is 2. The third-order valence-corrected chi connectivity index (χ3v) is 5.86. The molecule has 0 aliphatic carbocycles. The standard InChI is InChI=1S/C25H26N4O2/c1-31-23-10-9-22(16-28-23)17-5-7-19(8-6-17)25(30)29-13-11-18(12-14-29)20-3-2-4-21(15-20)24(26)27/h2-10,15-16,18H,11-14H2,1H3,(H3,26,27). The van der Waals surface area contributed by atoms with E-state index in [-0.39, 0.29) is 11.7 Å². The third kappa shape index (κ3) is 4.58. The summed E-state index contributed by atoms with van der Waals surface area (Å²) >= 11 is 0. The van der Waals surface area contributed by atoms with Gasteiger partial charge in [0.05, 0.1) is 7.11 Å². The highest BCUT2D eigenvalue weighted by molar-refractivity contribution is 5.95. The number of hydrogen-bond donors (Lipinski definition) is 2. The van der Waals surface area contributed by atoms with Crippen molar-refractivity contribution in [2.45, 2.75) is 18.8 Å². The number of hydrogen-bond acceptors (Lipinski definition) is 4. The van der Waals surface area contributed by atoms with Crippen molar-refractivity contribution in [1.29, 1.82) is 5.41 Å². The Bertz CT molecular complexity index is 1070. The minimum Gasteiger partial charge on any atom is -0.481 e. The molecule has 6 heteroatoms. The number of rotatable bonds is 5. The summed E-state index contributed by atoms with van der Waals surface area (Å²) in [5.41, 5.74) is 10.3. The molecule has 0 atom stereocenters. The first-order valence-corrected chi connectivity index (χ1v) is 10.4. The molecule has 1 aliphatic rings. The van der Waals surface area contributed by atoms with Crippen molar-refractivity contribution in [3.8, 4) is 17.0 Å². The summed E-state index contributed by atoms with van der Waals surface area (Å²) in [6.45, 7) is 1.44. The summed E-state index contributed by atoms with van der Waals surface area (Å²) in [5.74, 6) is 1.11. The number of benzene rings is 2. The first kappa shape index (κ1) is 20.6. The second kappa shape index (κ2) is 9.00. The van der Waals surface area contributed by atoms with Crippen molar-refractivity contribution < 1.29 is 9.53 Å². The van der Waals surface area contributed by atoms with Crippen LogP contribution in [0, 0.1) is 5.41 Å². The van der Waals surface area contributed by atoms with Crippen LogP contribution in [0.4, 0.5) is 0 Å². The van der Waals surface area contributed by atoms with Crippen molar-refractivity contribution in [2.24, 2.45) is 5.73 Å². The van der Waals surface area contributed by atoms with Gasteiger partial charge in [0.25, 0.3) is 5.91 Å². The van der Waals surface area contributed by atoms with Gasteiger partial charge in [-0.2, -0.15) is 0 Å². The van der Waals surface area contributed by atoms with E-state index in [0.29, 0.717) is 17.4 Å². The predicted molar refractivity (Wildman–Crippen MR) is 122 cm³/mol. The number of amides is 1. The average molecular weight is 415 g/mol. The molecule has 1 amide bonds. The van der Waals surface area contributed by atoms with Crippen molar-refractivity contribution in [3.05, 3.63) is 83.6 Å². The van der Waals surface area contributed by atoms with Gasteiger partial charge in [0, 0.05) is 42.0 Å². The number of carbonyl (C=O) groups is 1. The van der Waals surface area contributed by atoms with Gasteiger partial charge < -0.3 is 15.4 Å². The molecule has 158 valence electrons. The lowest BCUT2D eigenvalue weighted by Gasteiger charge is -2.32. The van der Waals surface area contributed by atoms with Crippen molar-refractivity contribution in [1.82, 2.24) is 9.88 Å². The number of ether oxygens (including phenoxy) is 1. The Labute approximate surface area is 182 Å². The highest BCUT2D eigenvalue weighted by Crippen LogP contribution is 2.29. The van der Waals surface area contributed by atoms with E-state index in [1.54, 1.807) is 13.3 Å². The average Bonchev–Trinajstić information content (AvgIpc) is 2.84. The van der Waals surface area contributed by atoms with Crippen LogP contribution in [0.2, 0.25) is 0 Å². The fourth-order valence-corrected chi connectivity index (χ4v) is 4.04. The van der Waals surface area contributed by atoms with Crippen LogP contribution in [0.25, 0.3) is 11.1 Å². The first-order chi connectivity index (χ1) is 15.0. The number of piperidine rings is 1. The Balaban J connectivity index is 1.39. The van der Waals surface area contributed by atoms with E-state index in [1.807, 2.05) is 59.5 Å². The van der Waals surface area contributed by atoms with Crippen LogP contribution in [0.5, 0.6) is 5.88 Å². The van der Waals surface area contributed by atoms with Gasteiger partial charge in [-0.1, -0.05) is 30.3 Å². The van der Waals surface area contributed by atoms with Crippen molar-refractivity contribution in [3.63, 3.8) is 0 Å². The highest BCUT2D eigenvalue weighted by atomic mass is 16.5. The number of methoxy groups -OCH3 is 1. The molecule has 0 radical (unpaired) electrons. The summed E-state index contributed by atoms with van der Waals surface area (Å²) in [6, 6.07) is 19.3. The number of nitrogens with one attached hydrogen (secondary N) is 1. The molecule has 3 aromatic rings. The second-order valence-corrected chi connectivity index (χ2v) is 7.77. The van der Waals surface area contributed by atoms with Gasteiger partial charge in [-0.25, -0.2) is 4.98 Å². The summed E-state index contributed by atoms with van der Waals surface area (Å²) in [7, 11) is 1.59. The maximum Gasteiger partial charge on any atom is 0.253 e. The molecular formula is C25H26N4O2. The topological polar surface area (TPSA) is 92.3 Å². The number of pyridine rings is 1. The SMILES string of the molecule is COc1ccc(-c2ccc(C(=O)N3CCC(c4cccc(C(=N)N)c4)CC3)cc2)cn1. The Morgan fingerprint density at radius 1 is 1.03 bits per heavy atom. The molecule has 1 saturated heterocycles. The molecule has 0 unspecified atom stereocenters. The maximum atomic E-state index is 13.0. The van der Waals surface area contributed by atoms with E-state index >= 15 is 0 Å². The van der Waals surface area contributed by atoms with Gasteiger partial charge in [-0.3, -0.25) is 10.2 Å². The number of nitrogen functional groups attached to an aromatic ring is 1. The van der Waals surface area contributed by atoms with Gasteiger partial charge in [0.2, 0.25) is 5.88 Å². The van der Waals surface area contributed by atoms with E-state index in [4.69, 9.17) is 15.9 Å². The van der Waals surface area contributed by atoms with E-state index < -0.39 is 0 Å². The van der Waals surface area contributed by atoms with Crippen molar-refractivity contribution >= 4 is 11.7 Å². The molecule has 0 bridgehead atoms. The third-order valence-electron chi connectivity index (χ3n) is 5.86. The Morgan fingerprint density at radius 2 is 1.74 bits per heavy atom. The molecule has 31 heavy (non-hydrogen) atoms. The minimum atomic E-state index is 0.0651. The van der Waals surface area contributed by atoms with Crippen LogP contribution in [-0.2, 0) is 0 Å². The largest absolute Gasteiger partial charge is 0.481 e. The number of likely N-dealkylation sites (tertiary alicyclic amines) is 1. The van der Waals surface area contributed by atoms with E-state index in [2.05, 4.69) is 11.1 Å². The van der Waals surface area contributed by atoms with Gasteiger partial charge in [0.15, 0.2) is 0 Å². The molecule has 2 heterocycles. The van der Waals surface area contributed by atoms with Crippen LogP contribution >= 0.6 is 0 Å². The van der Waals surface area contributed by atoms with E-state index in [1.165, 1.54) is 5.56 Å². The molecule has 0 saturated carbocycles. The molecule has 1 aromatic heterocycles. The lowest BCUT2D eigenvalue weighted by molar-refractivity contribution is 0.0713. The molecule has 4 rings (SSSR count). The second-order valence-electron chi connectivity index (χ2n) is 7.77. The summed E-state index contributed by atoms with van der Waals surface area (Å²) in [4.78, 5) is 19.1. The lowest BCUT2D eigenvalue weighted by atomic mass is 9.88. The minimum absolute atomic E-state index is 0.0651. The molecular weight excluding hydrogens is 388 g/mol. The number of carbonyl (C=O) groups excluding carboxylic acids is 1. The molecule has 6 nitrogen and oxygen atoms in total. The Morgan fingerprint density at radius 3 is 2.35 bits per heavy atom. The fraction of sp³-hybridized carbons (Fsp3) is 0.240. The smallest absolute Gasteiger partial charge is 0.253 e. The predicted octanol–water partition coefficient (Wildman–Crippen LogP) is 4.06. The van der Waals surface area contributed by atoms with Crippen LogP contribution in [0.15, 0.2) is 66.9 Å². The van der Waals surface area contributed by atoms with Gasteiger partial charge in [-0.15, -0.1) is 0 Å². The Hall–Kier alpha value is -3.67. The first-order valence-electron chi connectivity index (χ1n) is 10.4. The van der Waals surface area contributed by atoms with Gasteiger partial charge in [0.1, 0.15) is 5.84 Å². The zero-order valence-corrected chi connectivity index (χ0v) is 17.5.